The van der Waals surface area contributed by atoms with Gasteiger partial charge in [-0.1, -0.05) is 61.5 Å². The molecule has 0 unspecified atom stereocenters. The summed E-state index contributed by atoms with van der Waals surface area (Å²) < 4.78 is 27.9. The second-order valence-electron chi connectivity index (χ2n) is 10.1. The second kappa shape index (κ2) is 12.5. The maximum Gasteiger partial charge on any atom is 0.250 e. The molecular weight excluding hydrogens is 500 g/mol. The zero-order chi connectivity index (χ0) is 28.0. The number of benzene rings is 3. The van der Waals surface area contributed by atoms with E-state index in [1.807, 2.05) is 18.2 Å². The number of rotatable bonds is 11. The van der Waals surface area contributed by atoms with Crippen molar-refractivity contribution in [2.24, 2.45) is 0 Å². The number of halogens is 2. The fourth-order valence-corrected chi connectivity index (χ4v) is 5.30. The van der Waals surface area contributed by atoms with Crippen molar-refractivity contribution >= 4 is 11.8 Å². The summed E-state index contributed by atoms with van der Waals surface area (Å²) in [5.41, 5.74) is 1.97. The highest BCUT2D eigenvalue weighted by Crippen LogP contribution is 2.39. The summed E-state index contributed by atoms with van der Waals surface area (Å²) >= 11 is 0. The summed E-state index contributed by atoms with van der Waals surface area (Å²) in [5.74, 6) is -2.08. The van der Waals surface area contributed by atoms with Crippen LogP contribution in [0.5, 0.6) is 0 Å². The number of hydrogen-bond acceptors (Lipinski definition) is 4. The van der Waals surface area contributed by atoms with E-state index < -0.39 is 35.2 Å². The van der Waals surface area contributed by atoms with Crippen LogP contribution in [-0.4, -0.2) is 47.6 Å². The Balaban J connectivity index is 1.56. The minimum absolute atomic E-state index is 0.00286. The topological polar surface area (TPSA) is 81.7 Å². The van der Waals surface area contributed by atoms with Crippen LogP contribution in [0.15, 0.2) is 72.8 Å². The van der Waals surface area contributed by atoms with Crippen molar-refractivity contribution in [2.75, 3.05) is 13.6 Å². The number of carbonyl (C=O) groups excluding carboxylic acids is 2. The van der Waals surface area contributed by atoms with Crippen molar-refractivity contribution in [3.05, 3.63) is 107 Å². The Labute approximate surface area is 228 Å². The van der Waals surface area contributed by atoms with E-state index in [9.17, 15) is 23.5 Å². The molecular formula is C31H35F2N3O3. The second-order valence-corrected chi connectivity index (χ2v) is 10.1. The van der Waals surface area contributed by atoms with Crippen LogP contribution in [0.3, 0.4) is 0 Å². The van der Waals surface area contributed by atoms with Crippen molar-refractivity contribution in [2.45, 2.75) is 56.8 Å². The third-order valence-corrected chi connectivity index (χ3v) is 7.52. The van der Waals surface area contributed by atoms with E-state index in [1.165, 1.54) is 22.6 Å². The van der Waals surface area contributed by atoms with E-state index in [0.29, 0.717) is 17.7 Å². The van der Waals surface area contributed by atoms with Gasteiger partial charge in [0.15, 0.2) is 0 Å². The van der Waals surface area contributed by atoms with Crippen LogP contribution in [0, 0.1) is 11.6 Å². The number of carbonyl (C=O) groups is 2. The van der Waals surface area contributed by atoms with Crippen LogP contribution in [0.1, 0.15) is 42.0 Å². The minimum Gasteiger partial charge on any atom is -0.390 e. The number of aliphatic hydroxyl groups excluding tert-OH is 1. The molecule has 8 heteroatoms. The predicted octanol–water partition coefficient (Wildman–Crippen LogP) is 3.85. The first-order chi connectivity index (χ1) is 18.7. The summed E-state index contributed by atoms with van der Waals surface area (Å²) in [7, 11) is 1.60. The highest BCUT2D eigenvalue weighted by atomic mass is 19.1. The smallest absolute Gasteiger partial charge is 0.250 e. The lowest BCUT2D eigenvalue weighted by atomic mass is 9.85. The molecule has 4 rings (SSSR count). The molecule has 1 aliphatic rings. The van der Waals surface area contributed by atoms with Crippen molar-refractivity contribution in [3.8, 4) is 0 Å². The minimum atomic E-state index is -1.25. The van der Waals surface area contributed by atoms with Gasteiger partial charge >= 0.3 is 0 Å². The Bertz CT molecular complexity index is 1280. The Morgan fingerprint density at radius 2 is 1.69 bits per heavy atom. The first-order valence-electron chi connectivity index (χ1n) is 13.3. The highest BCUT2D eigenvalue weighted by molar-refractivity contribution is 5.95. The summed E-state index contributed by atoms with van der Waals surface area (Å²) in [4.78, 5) is 28.0. The molecule has 0 aromatic heterocycles. The normalized spacial score (nSPS) is 18.7. The van der Waals surface area contributed by atoms with Gasteiger partial charge in [0.05, 0.1) is 12.1 Å². The van der Waals surface area contributed by atoms with Crippen molar-refractivity contribution < 1.29 is 23.5 Å². The zero-order valence-electron chi connectivity index (χ0n) is 22.3. The van der Waals surface area contributed by atoms with E-state index in [4.69, 9.17) is 0 Å². The van der Waals surface area contributed by atoms with Crippen LogP contribution in [0.4, 0.5) is 8.78 Å². The Hall–Kier alpha value is -3.62. The monoisotopic (exact) mass is 535 g/mol. The number of aryl methyl sites for hydroxylation is 1. The molecule has 3 aromatic rings. The molecule has 1 aliphatic heterocycles. The molecule has 6 nitrogen and oxygen atoms in total. The lowest BCUT2D eigenvalue weighted by molar-refractivity contribution is -0.141. The standard InChI is InChI=1S/C31H35F2N3O3/c1-3-21-8-7-9-22(14-21)19-34-20-28(37)27(17-23-15-25(32)18-26(33)16-23)35-30(39)31(13-12-29(38)36(31)2)24-10-5-4-6-11-24/h4-11,14-16,18,27-28,34,37H,3,12-13,17,19-20H2,1-2H3,(H,35,39)/t27-,28-,31+/m0/s1. The maximum atomic E-state index is 14.0. The molecule has 0 radical (unpaired) electrons. The lowest BCUT2D eigenvalue weighted by Gasteiger charge is -2.37. The number of amides is 2. The van der Waals surface area contributed by atoms with Gasteiger partial charge in [0, 0.05) is 32.6 Å². The number of aliphatic hydroxyl groups is 1. The quantitative estimate of drug-likeness (QED) is 0.349. The molecule has 1 fully saturated rings. The fraction of sp³-hybridized carbons (Fsp3) is 0.355. The van der Waals surface area contributed by atoms with Gasteiger partial charge in [0.2, 0.25) is 5.91 Å². The summed E-state index contributed by atoms with van der Waals surface area (Å²) in [6, 6.07) is 19.4. The van der Waals surface area contributed by atoms with Crippen LogP contribution >= 0.6 is 0 Å². The average Bonchev–Trinajstić information content (AvgIpc) is 3.23. The first-order valence-corrected chi connectivity index (χ1v) is 13.3. The molecule has 0 spiro atoms. The molecule has 1 saturated heterocycles. The van der Waals surface area contributed by atoms with Crippen LogP contribution in [0.2, 0.25) is 0 Å². The molecule has 39 heavy (non-hydrogen) atoms. The molecule has 206 valence electrons. The molecule has 2 amide bonds. The number of hydrogen-bond donors (Lipinski definition) is 3. The molecule has 1 heterocycles. The Morgan fingerprint density at radius 1 is 1.00 bits per heavy atom. The van der Waals surface area contributed by atoms with Gasteiger partial charge in [-0.2, -0.15) is 0 Å². The van der Waals surface area contributed by atoms with Crippen LogP contribution in [0.25, 0.3) is 0 Å². The highest BCUT2D eigenvalue weighted by Gasteiger charge is 2.51. The summed E-state index contributed by atoms with van der Waals surface area (Å²) in [6.07, 6.45) is 0.317. The number of likely N-dealkylation sites (tertiary alicyclic amines) is 1. The van der Waals surface area contributed by atoms with E-state index in [0.717, 1.165) is 18.1 Å². The maximum absolute atomic E-state index is 14.0. The van der Waals surface area contributed by atoms with Gasteiger partial charge in [-0.15, -0.1) is 0 Å². The van der Waals surface area contributed by atoms with Gasteiger partial charge in [0.25, 0.3) is 5.91 Å². The van der Waals surface area contributed by atoms with Crippen molar-refractivity contribution in [1.29, 1.82) is 0 Å². The van der Waals surface area contributed by atoms with Crippen molar-refractivity contribution in [1.82, 2.24) is 15.5 Å². The van der Waals surface area contributed by atoms with Gasteiger partial charge in [0.1, 0.15) is 17.2 Å². The lowest BCUT2D eigenvalue weighted by Crippen LogP contribution is -2.58. The molecule has 0 aliphatic carbocycles. The van der Waals surface area contributed by atoms with Gasteiger partial charge in [-0.3, -0.25) is 9.59 Å². The zero-order valence-corrected chi connectivity index (χ0v) is 22.3. The summed E-state index contributed by atoms with van der Waals surface area (Å²) in [5, 5.41) is 17.4. The largest absolute Gasteiger partial charge is 0.390 e. The number of likely N-dealkylation sites (N-methyl/N-ethyl adjacent to an activating group) is 1. The van der Waals surface area contributed by atoms with E-state index in [-0.39, 0.29) is 31.7 Å². The molecule has 0 saturated carbocycles. The summed E-state index contributed by atoms with van der Waals surface area (Å²) in [6.45, 7) is 2.72. The fourth-order valence-electron chi connectivity index (χ4n) is 5.30. The Kier molecular flexibility index (Phi) is 9.09. The SMILES string of the molecule is CCc1cccc(CNC[C@H](O)[C@H](Cc2cc(F)cc(F)c2)NC(=O)[C@]2(c3ccccc3)CCC(=O)N2C)c1. The number of nitrogens with one attached hydrogen (secondary N) is 2. The van der Waals surface area contributed by atoms with Crippen molar-refractivity contribution in [3.63, 3.8) is 0 Å². The Morgan fingerprint density at radius 3 is 2.33 bits per heavy atom. The van der Waals surface area contributed by atoms with Crippen LogP contribution < -0.4 is 10.6 Å². The van der Waals surface area contributed by atoms with E-state index >= 15 is 0 Å². The predicted molar refractivity (Wildman–Crippen MR) is 146 cm³/mol. The molecule has 3 N–H and O–H groups in total. The van der Waals surface area contributed by atoms with Gasteiger partial charge in [-0.25, -0.2) is 8.78 Å². The molecule has 3 atom stereocenters. The van der Waals surface area contributed by atoms with Gasteiger partial charge < -0.3 is 20.6 Å². The van der Waals surface area contributed by atoms with Crippen LogP contribution in [-0.2, 0) is 34.5 Å². The third kappa shape index (κ3) is 6.52. The average molecular weight is 536 g/mol. The third-order valence-electron chi connectivity index (χ3n) is 7.52. The number of nitrogens with zero attached hydrogens (tertiary/aromatic N) is 1. The van der Waals surface area contributed by atoms with E-state index in [2.05, 4.69) is 29.7 Å². The van der Waals surface area contributed by atoms with Gasteiger partial charge in [-0.05, 0) is 53.6 Å². The molecule has 3 aromatic carbocycles. The molecule has 0 bridgehead atoms. The first kappa shape index (κ1) is 28.4. The van der Waals surface area contributed by atoms with E-state index in [1.54, 1.807) is 31.3 Å².